The minimum absolute atomic E-state index is 0.376. The maximum atomic E-state index is 12.7. The second-order valence-corrected chi connectivity index (χ2v) is 6.23. The van der Waals surface area contributed by atoms with Gasteiger partial charge < -0.3 is 45.1 Å². The van der Waals surface area contributed by atoms with Crippen molar-refractivity contribution in [3.63, 3.8) is 0 Å². The smallest absolute Gasteiger partial charge is 0.449 e. The van der Waals surface area contributed by atoms with Gasteiger partial charge in [0.05, 0.1) is 0 Å². The number of carboxylic acid groups (broad SMARTS) is 4. The molecule has 0 unspecified atom stereocenters. The first-order chi connectivity index (χ1) is 15.4. The highest BCUT2D eigenvalue weighted by atomic mass is 16.7. The van der Waals surface area contributed by atoms with E-state index in [9.17, 15) is 24.0 Å². The van der Waals surface area contributed by atoms with E-state index in [2.05, 4.69) is 18.9 Å². The second kappa shape index (κ2) is 9.42. The van der Waals surface area contributed by atoms with Gasteiger partial charge in [-0.25, -0.2) is 19.2 Å². The molecule has 0 radical (unpaired) electrons. The predicted octanol–water partition coefficient (Wildman–Crippen LogP) is 2.71. The zero-order valence-corrected chi connectivity index (χ0v) is 16.5. The Morgan fingerprint density at radius 3 is 1.27 bits per heavy atom. The fourth-order valence-electron chi connectivity index (χ4n) is 2.96. The van der Waals surface area contributed by atoms with Crippen LogP contribution in [0.3, 0.4) is 0 Å². The van der Waals surface area contributed by atoms with E-state index in [4.69, 9.17) is 26.2 Å². The third-order valence-electron chi connectivity index (χ3n) is 4.30. The lowest BCUT2D eigenvalue weighted by Crippen LogP contribution is -2.40. The van der Waals surface area contributed by atoms with Crippen molar-refractivity contribution in [3.05, 3.63) is 47.5 Å². The molecule has 174 valence electrons. The molecular weight excluding hydrogens is 450 g/mol. The molecule has 0 spiro atoms. The highest BCUT2D eigenvalue weighted by molar-refractivity contribution is 5.93. The lowest BCUT2D eigenvalue weighted by atomic mass is 9.74. The van der Waals surface area contributed by atoms with E-state index in [1.54, 1.807) is 0 Å². The molecule has 0 saturated carbocycles. The number of rotatable bonds is 7. The minimum atomic E-state index is -2.19. The number of carbonyl (C=O) groups excluding carboxylic acids is 1. The fourth-order valence-corrected chi connectivity index (χ4v) is 2.96. The lowest BCUT2D eigenvalue weighted by Gasteiger charge is -2.30. The summed E-state index contributed by atoms with van der Waals surface area (Å²) in [6.07, 6.45) is -7.49. The van der Waals surface area contributed by atoms with Gasteiger partial charge in [-0.05, 0) is 19.1 Å². The molecule has 33 heavy (non-hydrogen) atoms. The van der Waals surface area contributed by atoms with Crippen LogP contribution >= 0.6 is 0 Å². The molecule has 2 aromatic carbocycles. The van der Waals surface area contributed by atoms with E-state index < -0.39 is 58.9 Å². The Morgan fingerprint density at radius 1 is 0.667 bits per heavy atom. The lowest BCUT2D eigenvalue weighted by molar-refractivity contribution is -0.121. The molecule has 0 aliphatic rings. The van der Waals surface area contributed by atoms with Crippen molar-refractivity contribution < 1.29 is 63.3 Å². The summed E-state index contributed by atoms with van der Waals surface area (Å²) < 4.78 is 18.3. The Bertz CT molecular complexity index is 1060. The van der Waals surface area contributed by atoms with Gasteiger partial charge in [0.15, 0.2) is 23.0 Å². The molecule has 0 saturated heterocycles. The predicted molar refractivity (Wildman–Crippen MR) is 103 cm³/mol. The molecule has 14 nitrogen and oxygen atoms in total. The molecule has 2 rings (SSSR count). The molecule has 0 aliphatic heterocycles. The van der Waals surface area contributed by atoms with Crippen molar-refractivity contribution in [1.82, 2.24) is 0 Å². The maximum Gasteiger partial charge on any atom is 0.511 e. The molecule has 14 heteroatoms. The van der Waals surface area contributed by atoms with E-state index in [1.807, 2.05) is 0 Å². The van der Waals surface area contributed by atoms with E-state index in [1.165, 1.54) is 12.1 Å². The SMILES string of the molecule is CC(C(N)=O)(c1cccc(OC(=O)O)c1OC(=O)O)c1cccc(OC(=O)O)c1OC(=O)O. The highest BCUT2D eigenvalue weighted by Crippen LogP contribution is 2.47. The molecule has 1 amide bonds. The average Bonchev–Trinajstić information content (AvgIpc) is 2.68. The number of amides is 1. The maximum absolute atomic E-state index is 12.7. The van der Waals surface area contributed by atoms with Gasteiger partial charge in [0.25, 0.3) is 0 Å². The van der Waals surface area contributed by atoms with Crippen LogP contribution in [0.2, 0.25) is 0 Å². The van der Waals surface area contributed by atoms with Gasteiger partial charge in [0.1, 0.15) is 5.41 Å². The Balaban J connectivity index is 2.93. The number of hydrogen-bond donors (Lipinski definition) is 5. The van der Waals surface area contributed by atoms with Crippen LogP contribution in [0, 0.1) is 0 Å². The molecule has 0 atom stereocenters. The van der Waals surface area contributed by atoms with Crippen molar-refractivity contribution in [2.45, 2.75) is 12.3 Å². The normalized spacial score (nSPS) is 10.6. The first kappa shape index (κ1) is 24.3. The number of nitrogens with two attached hydrogens (primary N) is 1. The zero-order valence-electron chi connectivity index (χ0n) is 16.5. The summed E-state index contributed by atoms with van der Waals surface area (Å²) in [7, 11) is 0. The topological polar surface area (TPSA) is 229 Å². The van der Waals surface area contributed by atoms with Crippen molar-refractivity contribution >= 4 is 30.5 Å². The first-order valence-corrected chi connectivity index (χ1v) is 8.57. The largest absolute Gasteiger partial charge is 0.511 e. The Hall–Kier alpha value is -5.01. The fraction of sp³-hybridized carbons (Fsp3) is 0.105. The Labute approximate surface area is 183 Å². The number of para-hydroxylation sites is 2. The third kappa shape index (κ3) is 5.19. The molecule has 2 aromatic rings. The van der Waals surface area contributed by atoms with Crippen LogP contribution in [0.1, 0.15) is 18.1 Å². The van der Waals surface area contributed by atoms with Crippen LogP contribution in [0.5, 0.6) is 23.0 Å². The summed E-state index contributed by atoms with van der Waals surface area (Å²) in [5.74, 6) is -3.98. The van der Waals surface area contributed by atoms with Crippen molar-refractivity contribution in [3.8, 4) is 23.0 Å². The zero-order chi connectivity index (χ0) is 24.9. The summed E-state index contributed by atoms with van der Waals surface area (Å²) in [6.45, 7) is 1.11. The van der Waals surface area contributed by atoms with Gasteiger partial charge in [-0.1, -0.05) is 24.3 Å². The number of carbonyl (C=O) groups is 5. The van der Waals surface area contributed by atoms with Gasteiger partial charge in [0, 0.05) is 11.1 Å². The van der Waals surface area contributed by atoms with E-state index in [-0.39, 0.29) is 11.1 Å². The van der Waals surface area contributed by atoms with Gasteiger partial charge in [-0.15, -0.1) is 0 Å². The van der Waals surface area contributed by atoms with Gasteiger partial charge >= 0.3 is 24.6 Å². The summed E-state index contributed by atoms with van der Waals surface area (Å²) in [5, 5.41) is 36.1. The minimum Gasteiger partial charge on any atom is -0.449 e. The third-order valence-corrected chi connectivity index (χ3v) is 4.30. The summed E-state index contributed by atoms with van der Waals surface area (Å²) in [4.78, 5) is 57.2. The van der Waals surface area contributed by atoms with Gasteiger partial charge in [0.2, 0.25) is 5.91 Å². The van der Waals surface area contributed by atoms with E-state index >= 15 is 0 Å². The second-order valence-electron chi connectivity index (χ2n) is 6.23. The number of benzene rings is 2. The average molecular weight is 465 g/mol. The quantitative estimate of drug-likeness (QED) is 0.293. The van der Waals surface area contributed by atoms with Crippen LogP contribution in [0.25, 0.3) is 0 Å². The van der Waals surface area contributed by atoms with Crippen LogP contribution in [-0.4, -0.2) is 51.0 Å². The molecule has 6 N–H and O–H groups in total. The van der Waals surface area contributed by atoms with E-state index in [0.717, 1.165) is 31.2 Å². The summed E-state index contributed by atoms with van der Waals surface area (Å²) in [6, 6.07) is 6.67. The van der Waals surface area contributed by atoms with Crippen molar-refractivity contribution in [2.75, 3.05) is 0 Å². The number of primary amides is 1. The highest BCUT2D eigenvalue weighted by Gasteiger charge is 2.43. The van der Waals surface area contributed by atoms with Crippen LogP contribution in [0.15, 0.2) is 36.4 Å². The standard InChI is InChI=1S/C19H15NO13/c1-19(14(20)21,8-4-2-6-10(30-15(22)23)12(8)32-17(26)27)9-5-3-7-11(31-16(24)25)13(9)33-18(28)29/h2-7H,1H3,(H2,20,21)(H,22,23)(H,24,25)(H,26,27)(H,28,29). The molecule has 0 heterocycles. The van der Waals surface area contributed by atoms with Crippen LogP contribution < -0.4 is 24.7 Å². The van der Waals surface area contributed by atoms with Crippen LogP contribution in [-0.2, 0) is 10.2 Å². The first-order valence-electron chi connectivity index (χ1n) is 8.57. The molecule has 0 aromatic heterocycles. The van der Waals surface area contributed by atoms with E-state index in [0.29, 0.717) is 0 Å². The molecule has 0 fully saturated rings. The summed E-state index contributed by atoms with van der Waals surface area (Å²) >= 11 is 0. The number of ether oxygens (including phenoxy) is 4. The Kier molecular flexibility index (Phi) is 6.93. The van der Waals surface area contributed by atoms with Gasteiger partial charge in [-0.3, -0.25) is 4.79 Å². The van der Waals surface area contributed by atoms with Gasteiger partial charge in [-0.2, -0.15) is 0 Å². The van der Waals surface area contributed by atoms with Crippen LogP contribution in [0.4, 0.5) is 19.2 Å². The summed E-state index contributed by atoms with van der Waals surface area (Å²) in [5.41, 5.74) is 2.64. The number of hydrogen-bond acceptors (Lipinski definition) is 9. The van der Waals surface area contributed by atoms with Crippen molar-refractivity contribution in [1.29, 1.82) is 0 Å². The Morgan fingerprint density at radius 2 is 1.00 bits per heavy atom. The molecule has 0 bridgehead atoms. The molecular formula is C19H15NO13. The van der Waals surface area contributed by atoms with Crippen molar-refractivity contribution in [2.24, 2.45) is 5.73 Å². The molecule has 0 aliphatic carbocycles. The monoisotopic (exact) mass is 465 g/mol.